The predicted molar refractivity (Wildman–Crippen MR) is 97.0 cm³/mol. The van der Waals surface area contributed by atoms with Crippen molar-refractivity contribution in [3.8, 4) is 5.75 Å². The number of hydrogen-bond donors (Lipinski definition) is 1. The number of rotatable bonds is 6. The molecule has 0 bridgehead atoms. The minimum absolute atomic E-state index is 0.317. The van der Waals surface area contributed by atoms with Gasteiger partial charge in [-0.1, -0.05) is 43.6 Å². The van der Waals surface area contributed by atoms with Crippen LogP contribution in [0.3, 0.4) is 0 Å². The van der Waals surface area contributed by atoms with E-state index >= 15 is 0 Å². The third-order valence-corrected chi connectivity index (χ3v) is 3.98. The molecule has 0 radical (unpaired) electrons. The number of hydrogen-bond acceptors (Lipinski definition) is 4. The lowest BCUT2D eigenvalue weighted by Crippen LogP contribution is -2.06. The van der Waals surface area contributed by atoms with Gasteiger partial charge < -0.3 is 10.1 Å². The molecule has 1 N–H and O–H groups in total. The van der Waals surface area contributed by atoms with Crippen LogP contribution in [0.5, 0.6) is 5.75 Å². The van der Waals surface area contributed by atoms with Gasteiger partial charge in [0.1, 0.15) is 5.75 Å². The third kappa shape index (κ3) is 3.31. The van der Waals surface area contributed by atoms with Gasteiger partial charge in [-0.3, -0.25) is 0 Å². The maximum Gasteiger partial charge on any atom is 0.177 e. The zero-order valence-electron chi connectivity index (χ0n) is 14.1. The molecule has 0 spiro atoms. The van der Waals surface area contributed by atoms with Crippen LogP contribution in [0, 0.1) is 0 Å². The molecule has 0 aliphatic rings. The number of fused-ring (bicyclic) bond motifs is 1. The first-order valence-electron chi connectivity index (χ1n) is 8.09. The van der Waals surface area contributed by atoms with Crippen molar-refractivity contribution < 1.29 is 4.74 Å². The van der Waals surface area contributed by atoms with Gasteiger partial charge in [-0.25, -0.2) is 9.50 Å². The monoisotopic (exact) mass is 344 g/mol. The number of ether oxygens (including phenoxy) is 1. The molecule has 2 aromatic heterocycles. The highest BCUT2D eigenvalue weighted by molar-refractivity contribution is 6.29. The molecule has 0 aliphatic heterocycles. The molecular weight excluding hydrogens is 324 g/mol. The van der Waals surface area contributed by atoms with Gasteiger partial charge in [-0.05, 0) is 18.9 Å². The van der Waals surface area contributed by atoms with Crippen molar-refractivity contribution in [3.63, 3.8) is 0 Å². The van der Waals surface area contributed by atoms with E-state index in [9.17, 15) is 0 Å². The molecule has 0 fully saturated rings. The van der Waals surface area contributed by atoms with Gasteiger partial charge >= 0.3 is 0 Å². The Morgan fingerprint density at radius 2 is 2.08 bits per heavy atom. The van der Waals surface area contributed by atoms with Crippen molar-refractivity contribution in [3.05, 3.63) is 52.9 Å². The fourth-order valence-electron chi connectivity index (χ4n) is 2.62. The Morgan fingerprint density at radius 3 is 2.83 bits per heavy atom. The van der Waals surface area contributed by atoms with Crippen LogP contribution < -0.4 is 10.1 Å². The van der Waals surface area contributed by atoms with Crippen molar-refractivity contribution in [2.24, 2.45) is 0 Å². The summed E-state index contributed by atoms with van der Waals surface area (Å²) in [5.74, 6) is 1.20. The Kier molecular flexibility index (Phi) is 4.90. The molecular formula is C18H21ClN4O. The quantitative estimate of drug-likeness (QED) is 0.714. The molecule has 1 aromatic carbocycles. The number of imidazole rings is 1. The number of benzene rings is 1. The molecule has 0 unspecified atom stereocenters. The molecule has 0 saturated heterocycles. The molecule has 24 heavy (non-hydrogen) atoms. The van der Waals surface area contributed by atoms with E-state index in [1.54, 1.807) is 6.07 Å². The van der Waals surface area contributed by atoms with Crippen molar-refractivity contribution in [1.29, 1.82) is 0 Å². The zero-order valence-corrected chi connectivity index (χ0v) is 14.8. The zero-order chi connectivity index (χ0) is 17.1. The number of halogens is 1. The van der Waals surface area contributed by atoms with Crippen LogP contribution in [0.25, 0.3) is 5.65 Å². The first kappa shape index (κ1) is 16.6. The molecule has 6 heteroatoms. The summed E-state index contributed by atoms with van der Waals surface area (Å²) >= 11 is 6.20. The van der Waals surface area contributed by atoms with Crippen LogP contribution in [0.4, 0.5) is 5.69 Å². The molecule has 126 valence electrons. The molecule has 0 amide bonds. The van der Waals surface area contributed by atoms with Crippen LogP contribution in [0.2, 0.25) is 5.15 Å². The largest absolute Gasteiger partial charge is 0.494 e. The Balaban J connectivity index is 1.91. The minimum Gasteiger partial charge on any atom is -0.494 e. The molecule has 2 heterocycles. The second kappa shape index (κ2) is 7.09. The fourth-order valence-corrected chi connectivity index (χ4v) is 2.80. The normalized spacial score (nSPS) is 11.2. The van der Waals surface area contributed by atoms with E-state index in [1.807, 2.05) is 41.9 Å². The highest BCUT2D eigenvalue weighted by atomic mass is 35.5. The van der Waals surface area contributed by atoms with E-state index in [0.717, 1.165) is 28.3 Å². The Bertz CT molecular complexity index is 844. The molecule has 0 aliphatic carbocycles. The maximum atomic E-state index is 6.20. The van der Waals surface area contributed by atoms with Gasteiger partial charge in [0.05, 0.1) is 24.2 Å². The van der Waals surface area contributed by atoms with E-state index in [4.69, 9.17) is 16.3 Å². The smallest absolute Gasteiger partial charge is 0.177 e. The molecule has 3 aromatic rings. The van der Waals surface area contributed by atoms with E-state index in [-0.39, 0.29) is 0 Å². The van der Waals surface area contributed by atoms with Gasteiger partial charge in [0.2, 0.25) is 0 Å². The van der Waals surface area contributed by atoms with E-state index in [1.165, 1.54) is 0 Å². The standard InChI is InChI=1S/C18H21ClN4O/c1-4-24-16-8-6-5-7-13(16)10-20-14-9-17(19)22-23-15(12(2)3)11-21-18(14)23/h5-9,11-12,20H,4,10H2,1-3H3. The maximum absolute atomic E-state index is 6.20. The SMILES string of the molecule is CCOc1ccccc1CNc1cc(Cl)nn2c(C(C)C)cnc12. The van der Waals surface area contributed by atoms with Gasteiger partial charge in [-0.2, -0.15) is 5.10 Å². The van der Waals surface area contributed by atoms with Gasteiger partial charge in [0.25, 0.3) is 0 Å². The summed E-state index contributed by atoms with van der Waals surface area (Å²) < 4.78 is 7.48. The summed E-state index contributed by atoms with van der Waals surface area (Å²) in [6.45, 7) is 7.46. The van der Waals surface area contributed by atoms with Gasteiger partial charge in [0.15, 0.2) is 10.8 Å². The number of nitrogens with one attached hydrogen (secondary N) is 1. The summed E-state index contributed by atoms with van der Waals surface area (Å²) in [6.07, 6.45) is 1.85. The van der Waals surface area contributed by atoms with E-state index in [0.29, 0.717) is 24.2 Å². The summed E-state index contributed by atoms with van der Waals surface area (Å²) in [6, 6.07) is 9.79. The number of nitrogens with zero attached hydrogens (tertiary/aromatic N) is 3. The van der Waals surface area contributed by atoms with Gasteiger partial charge in [-0.15, -0.1) is 0 Å². The van der Waals surface area contributed by atoms with Crippen molar-refractivity contribution in [1.82, 2.24) is 14.6 Å². The van der Waals surface area contributed by atoms with Crippen LogP contribution >= 0.6 is 11.6 Å². The number of aromatic nitrogens is 3. The van der Waals surface area contributed by atoms with Crippen molar-refractivity contribution in [2.75, 3.05) is 11.9 Å². The lowest BCUT2D eigenvalue weighted by Gasteiger charge is -2.13. The molecule has 3 rings (SSSR count). The van der Waals surface area contributed by atoms with Crippen LogP contribution in [0.1, 0.15) is 37.9 Å². The average molecular weight is 345 g/mol. The molecule has 5 nitrogen and oxygen atoms in total. The highest BCUT2D eigenvalue weighted by Crippen LogP contribution is 2.25. The molecule has 0 atom stereocenters. The number of para-hydroxylation sites is 1. The first-order chi connectivity index (χ1) is 11.6. The predicted octanol–water partition coefficient (Wildman–Crippen LogP) is 4.52. The van der Waals surface area contributed by atoms with Crippen LogP contribution in [0.15, 0.2) is 36.5 Å². The average Bonchev–Trinajstić information content (AvgIpc) is 2.98. The van der Waals surface area contributed by atoms with Crippen molar-refractivity contribution >= 4 is 22.9 Å². The minimum atomic E-state index is 0.317. The third-order valence-electron chi connectivity index (χ3n) is 3.80. The summed E-state index contributed by atoms with van der Waals surface area (Å²) in [5, 5.41) is 8.22. The summed E-state index contributed by atoms with van der Waals surface area (Å²) in [4.78, 5) is 4.50. The fraction of sp³-hybridized carbons (Fsp3) is 0.333. The second-order valence-corrected chi connectivity index (χ2v) is 6.24. The molecule has 0 saturated carbocycles. The highest BCUT2D eigenvalue weighted by Gasteiger charge is 2.13. The second-order valence-electron chi connectivity index (χ2n) is 5.85. The topological polar surface area (TPSA) is 51.5 Å². The van der Waals surface area contributed by atoms with E-state index in [2.05, 4.69) is 29.2 Å². The first-order valence-corrected chi connectivity index (χ1v) is 8.46. The van der Waals surface area contributed by atoms with Crippen LogP contribution in [-0.2, 0) is 6.54 Å². The Hall–Kier alpha value is -2.27. The Morgan fingerprint density at radius 1 is 1.29 bits per heavy atom. The van der Waals surface area contributed by atoms with E-state index < -0.39 is 0 Å². The summed E-state index contributed by atoms with van der Waals surface area (Å²) in [7, 11) is 0. The van der Waals surface area contributed by atoms with Crippen LogP contribution in [-0.4, -0.2) is 21.2 Å². The van der Waals surface area contributed by atoms with Gasteiger partial charge in [0, 0.05) is 18.2 Å². The van der Waals surface area contributed by atoms with Crippen molar-refractivity contribution in [2.45, 2.75) is 33.2 Å². The number of anilines is 1. The Labute approximate surface area is 146 Å². The lowest BCUT2D eigenvalue weighted by atomic mass is 10.1. The lowest BCUT2D eigenvalue weighted by molar-refractivity contribution is 0.337. The summed E-state index contributed by atoms with van der Waals surface area (Å²) in [5.41, 5.74) is 3.75.